The first-order valence-corrected chi connectivity index (χ1v) is 12.1. The summed E-state index contributed by atoms with van der Waals surface area (Å²) in [6.07, 6.45) is 1.55. The van der Waals surface area contributed by atoms with E-state index in [0.717, 1.165) is 62.6 Å². The van der Waals surface area contributed by atoms with Crippen LogP contribution in [0.3, 0.4) is 0 Å². The third-order valence-electron chi connectivity index (χ3n) is 6.31. The third-order valence-corrected chi connectivity index (χ3v) is 6.31. The van der Waals surface area contributed by atoms with E-state index in [1.165, 1.54) is 0 Å². The Kier molecular flexibility index (Phi) is 9.36. The van der Waals surface area contributed by atoms with Gasteiger partial charge in [0.2, 0.25) is 0 Å². The minimum atomic E-state index is 0.392. The van der Waals surface area contributed by atoms with E-state index in [2.05, 4.69) is 37.5 Å². The highest BCUT2D eigenvalue weighted by Gasteiger charge is 2.15. The van der Waals surface area contributed by atoms with Gasteiger partial charge >= 0.3 is 0 Å². The molecule has 0 aliphatic carbocycles. The van der Waals surface area contributed by atoms with Gasteiger partial charge in [0.05, 0.1) is 22.2 Å². The number of carbonyl (C=O) groups excluding carboxylic acids is 2. The summed E-state index contributed by atoms with van der Waals surface area (Å²) < 4.78 is 11.9. The minimum absolute atomic E-state index is 0.392. The van der Waals surface area contributed by atoms with E-state index in [1.54, 1.807) is 0 Å². The van der Waals surface area contributed by atoms with Gasteiger partial charge in [0.1, 0.15) is 24.7 Å². The third kappa shape index (κ3) is 5.72. The topological polar surface area (TPSA) is 72.0 Å². The molecule has 0 saturated heterocycles. The highest BCUT2D eigenvalue weighted by Crippen LogP contribution is 2.32. The monoisotopic (exact) mass is 465 g/mol. The van der Waals surface area contributed by atoms with Crippen molar-refractivity contribution in [2.24, 2.45) is 0 Å². The van der Waals surface area contributed by atoms with Gasteiger partial charge in [-0.3, -0.25) is 9.59 Å². The van der Waals surface area contributed by atoms with E-state index in [4.69, 9.17) is 14.5 Å². The van der Waals surface area contributed by atoms with Crippen LogP contribution >= 0.6 is 0 Å². The van der Waals surface area contributed by atoms with E-state index in [9.17, 15) is 9.59 Å². The van der Waals surface area contributed by atoms with Crippen LogP contribution in [-0.4, -0.2) is 79.8 Å². The molecule has 0 amide bonds. The summed E-state index contributed by atoms with van der Waals surface area (Å²) in [6, 6.07) is 9.37. The molecule has 34 heavy (non-hydrogen) atoms. The number of nitrogens with zero attached hydrogens (tertiary/aromatic N) is 3. The minimum Gasteiger partial charge on any atom is -0.491 e. The molecular formula is C27H35N3O4. The van der Waals surface area contributed by atoms with E-state index in [0.29, 0.717) is 46.9 Å². The molecule has 7 nitrogen and oxygen atoms in total. The molecule has 0 saturated carbocycles. The highest BCUT2D eigenvalue weighted by molar-refractivity contribution is 6.06. The lowest BCUT2D eigenvalue weighted by atomic mass is 10.0. The van der Waals surface area contributed by atoms with Gasteiger partial charge < -0.3 is 19.3 Å². The molecular weight excluding hydrogens is 430 g/mol. The van der Waals surface area contributed by atoms with Crippen molar-refractivity contribution in [2.45, 2.75) is 27.7 Å². The molecule has 2 aromatic carbocycles. The van der Waals surface area contributed by atoms with Crippen molar-refractivity contribution >= 4 is 34.4 Å². The van der Waals surface area contributed by atoms with Crippen LogP contribution in [0.1, 0.15) is 48.4 Å². The zero-order chi connectivity index (χ0) is 24.5. The van der Waals surface area contributed by atoms with Gasteiger partial charge in [0.25, 0.3) is 0 Å². The first-order valence-electron chi connectivity index (χ1n) is 12.1. The number of benzene rings is 2. The number of fused-ring (bicyclic) bond motifs is 2. The Morgan fingerprint density at radius 2 is 1.12 bits per heavy atom. The Bertz CT molecular complexity index is 1040. The maximum atomic E-state index is 12.0. The molecule has 0 fully saturated rings. The SMILES string of the molecule is CCN(CC)CCOc1ccc2cc3ccc(OCCN(CC)CC)c(C=O)c3nc2c1C=O. The number of hydrogen-bond donors (Lipinski definition) is 0. The molecule has 3 rings (SSSR count). The summed E-state index contributed by atoms with van der Waals surface area (Å²) in [5.74, 6) is 1.00. The Labute approximate surface area is 201 Å². The lowest BCUT2D eigenvalue weighted by molar-refractivity contribution is 0.111. The van der Waals surface area contributed by atoms with Crippen molar-refractivity contribution in [3.63, 3.8) is 0 Å². The van der Waals surface area contributed by atoms with Gasteiger partial charge in [-0.05, 0) is 56.5 Å². The van der Waals surface area contributed by atoms with Crippen molar-refractivity contribution in [1.29, 1.82) is 0 Å². The maximum absolute atomic E-state index is 12.0. The molecule has 0 radical (unpaired) electrons. The van der Waals surface area contributed by atoms with Gasteiger partial charge in [-0.2, -0.15) is 0 Å². The molecule has 182 valence electrons. The van der Waals surface area contributed by atoms with Gasteiger partial charge in [-0.25, -0.2) is 4.98 Å². The normalized spacial score (nSPS) is 11.5. The average Bonchev–Trinajstić information content (AvgIpc) is 2.87. The molecule has 0 spiro atoms. The maximum Gasteiger partial charge on any atom is 0.155 e. The first-order chi connectivity index (χ1) is 16.6. The predicted octanol–water partition coefficient (Wildman–Crippen LogP) is 4.45. The van der Waals surface area contributed by atoms with Crippen LogP contribution < -0.4 is 9.47 Å². The molecule has 0 unspecified atom stereocenters. The Balaban J connectivity index is 1.95. The van der Waals surface area contributed by atoms with Gasteiger partial charge in [-0.1, -0.05) is 27.7 Å². The quantitative estimate of drug-likeness (QED) is 0.257. The number of likely N-dealkylation sites (N-methyl/N-ethyl adjacent to an activating group) is 2. The lowest BCUT2D eigenvalue weighted by Gasteiger charge is -2.19. The molecule has 0 atom stereocenters. The second-order valence-electron chi connectivity index (χ2n) is 8.07. The molecule has 1 aromatic heterocycles. The van der Waals surface area contributed by atoms with Crippen LogP contribution in [0, 0.1) is 0 Å². The Hall–Kier alpha value is -3.03. The fourth-order valence-electron chi connectivity index (χ4n) is 4.10. The summed E-state index contributed by atoms with van der Waals surface area (Å²) in [5, 5.41) is 1.63. The number of pyridine rings is 1. The fraction of sp³-hybridized carbons (Fsp3) is 0.444. The van der Waals surface area contributed by atoms with E-state index in [1.807, 2.05) is 30.3 Å². The van der Waals surface area contributed by atoms with Crippen LogP contribution in [-0.2, 0) is 0 Å². The first kappa shape index (κ1) is 25.6. The van der Waals surface area contributed by atoms with E-state index < -0.39 is 0 Å². The molecule has 0 bridgehead atoms. The predicted molar refractivity (Wildman–Crippen MR) is 137 cm³/mol. The largest absolute Gasteiger partial charge is 0.491 e. The number of ether oxygens (including phenoxy) is 2. The summed E-state index contributed by atoms with van der Waals surface area (Å²) in [7, 11) is 0. The molecule has 0 aliphatic rings. The number of aromatic nitrogens is 1. The van der Waals surface area contributed by atoms with Crippen LogP contribution in [0.2, 0.25) is 0 Å². The van der Waals surface area contributed by atoms with Crippen LogP contribution in [0.15, 0.2) is 30.3 Å². The smallest absolute Gasteiger partial charge is 0.155 e. The molecule has 1 heterocycles. The van der Waals surface area contributed by atoms with Gasteiger partial charge in [-0.15, -0.1) is 0 Å². The van der Waals surface area contributed by atoms with Crippen molar-refractivity contribution in [2.75, 3.05) is 52.5 Å². The van der Waals surface area contributed by atoms with Crippen molar-refractivity contribution in [3.05, 3.63) is 41.5 Å². The summed E-state index contributed by atoms with van der Waals surface area (Å²) >= 11 is 0. The number of carbonyl (C=O) groups is 2. The van der Waals surface area contributed by atoms with Crippen molar-refractivity contribution < 1.29 is 19.1 Å². The zero-order valence-electron chi connectivity index (χ0n) is 20.7. The summed E-state index contributed by atoms with van der Waals surface area (Å²) in [5.41, 5.74) is 1.82. The second kappa shape index (κ2) is 12.4. The zero-order valence-corrected chi connectivity index (χ0v) is 20.7. The Morgan fingerprint density at radius 3 is 1.47 bits per heavy atom. The number of hydrogen-bond acceptors (Lipinski definition) is 7. The average molecular weight is 466 g/mol. The van der Waals surface area contributed by atoms with Crippen molar-refractivity contribution in [3.8, 4) is 11.5 Å². The second-order valence-corrected chi connectivity index (χ2v) is 8.07. The molecule has 7 heteroatoms. The van der Waals surface area contributed by atoms with Gasteiger partial charge in [0.15, 0.2) is 12.6 Å². The molecule has 3 aromatic rings. The highest BCUT2D eigenvalue weighted by atomic mass is 16.5. The van der Waals surface area contributed by atoms with E-state index >= 15 is 0 Å². The summed E-state index contributed by atoms with van der Waals surface area (Å²) in [6.45, 7) is 14.7. The van der Waals surface area contributed by atoms with Crippen LogP contribution in [0.4, 0.5) is 0 Å². The fourth-order valence-corrected chi connectivity index (χ4v) is 4.10. The van der Waals surface area contributed by atoms with Gasteiger partial charge in [0, 0.05) is 23.9 Å². The lowest BCUT2D eigenvalue weighted by Crippen LogP contribution is -2.28. The molecule has 0 N–H and O–H groups in total. The standard InChI is InChI=1S/C27H35N3O4/c1-5-29(6-2)13-15-33-24-11-9-20-17-21-10-12-25(34-16-14-30(7-3)8-4)23(19-32)27(21)28-26(20)22(24)18-31/h9-12,17-19H,5-8,13-16H2,1-4H3. The number of rotatable bonds is 14. The Morgan fingerprint density at radius 1 is 0.706 bits per heavy atom. The molecule has 0 aliphatic heterocycles. The van der Waals surface area contributed by atoms with Crippen LogP contribution in [0.25, 0.3) is 21.8 Å². The number of aldehydes is 2. The summed E-state index contributed by atoms with van der Waals surface area (Å²) in [4.78, 5) is 33.3. The van der Waals surface area contributed by atoms with E-state index in [-0.39, 0.29) is 0 Å². The van der Waals surface area contributed by atoms with Crippen molar-refractivity contribution in [1.82, 2.24) is 14.8 Å². The van der Waals surface area contributed by atoms with Crippen LogP contribution in [0.5, 0.6) is 11.5 Å².